The first-order valence-electron chi connectivity index (χ1n) is 10.0. The summed E-state index contributed by atoms with van der Waals surface area (Å²) in [6.45, 7) is 6.27. The summed E-state index contributed by atoms with van der Waals surface area (Å²) < 4.78 is 0. The summed E-state index contributed by atoms with van der Waals surface area (Å²) in [6, 6.07) is 11.9. The maximum absolute atomic E-state index is 11.3. The Bertz CT molecular complexity index is 685. The van der Waals surface area contributed by atoms with Gasteiger partial charge in [-0.25, -0.2) is 0 Å². The van der Waals surface area contributed by atoms with E-state index in [1.165, 1.54) is 24.8 Å². The molecule has 3 N–H and O–H groups in total. The van der Waals surface area contributed by atoms with Crippen molar-refractivity contribution >= 4 is 12.0 Å². The third kappa shape index (κ3) is 3.45. The van der Waals surface area contributed by atoms with Gasteiger partial charge in [0.05, 0.1) is 6.04 Å². The zero-order valence-corrected chi connectivity index (χ0v) is 15.9. The van der Waals surface area contributed by atoms with Gasteiger partial charge in [0.15, 0.2) is 0 Å². The summed E-state index contributed by atoms with van der Waals surface area (Å²) >= 11 is 0. The van der Waals surface area contributed by atoms with Gasteiger partial charge in [0, 0.05) is 25.2 Å². The Morgan fingerprint density at radius 1 is 1.35 bits per heavy atom. The monoisotopic (exact) mass is 353 g/mol. The van der Waals surface area contributed by atoms with Crippen molar-refractivity contribution in [2.75, 3.05) is 13.1 Å². The Morgan fingerprint density at radius 3 is 2.65 bits per heavy atom. The van der Waals surface area contributed by atoms with E-state index in [1.54, 1.807) is 5.57 Å². The summed E-state index contributed by atoms with van der Waals surface area (Å²) in [4.78, 5) is 13.5. The molecule has 2 saturated carbocycles. The largest absolute Gasteiger partial charge is 0.368 e. The molecule has 0 aromatic heterocycles. The number of primary amides is 1. The first-order valence-corrected chi connectivity index (χ1v) is 10.0. The number of nitrogens with two attached hydrogens (primary N) is 1. The number of amides is 1. The van der Waals surface area contributed by atoms with Crippen LogP contribution in [0.1, 0.15) is 45.1 Å². The Balaban J connectivity index is 1.23. The Labute approximate surface area is 156 Å². The number of carbonyl (C=O) groups excluding carboxylic acids is 1. The van der Waals surface area contributed by atoms with Crippen molar-refractivity contribution in [2.24, 2.45) is 17.1 Å². The van der Waals surface area contributed by atoms with Gasteiger partial charge >= 0.3 is 0 Å². The predicted octanol–water partition coefficient (Wildman–Crippen LogP) is 2.80. The van der Waals surface area contributed by atoms with Crippen LogP contribution in [0.5, 0.6) is 0 Å². The van der Waals surface area contributed by atoms with Crippen molar-refractivity contribution in [3.05, 3.63) is 41.5 Å². The van der Waals surface area contributed by atoms with E-state index < -0.39 is 0 Å². The van der Waals surface area contributed by atoms with Crippen LogP contribution in [0, 0.1) is 11.3 Å². The second-order valence-corrected chi connectivity index (χ2v) is 8.69. The van der Waals surface area contributed by atoms with E-state index in [4.69, 9.17) is 5.73 Å². The van der Waals surface area contributed by atoms with Crippen LogP contribution in [0.2, 0.25) is 0 Å². The fourth-order valence-electron chi connectivity index (χ4n) is 4.96. The maximum atomic E-state index is 11.3. The van der Waals surface area contributed by atoms with Gasteiger partial charge in [0.2, 0.25) is 5.91 Å². The van der Waals surface area contributed by atoms with Gasteiger partial charge in [0.1, 0.15) is 0 Å². The lowest BCUT2D eigenvalue weighted by atomic mass is 9.60. The topological polar surface area (TPSA) is 58.4 Å². The van der Waals surface area contributed by atoms with Gasteiger partial charge in [-0.15, -0.1) is 0 Å². The van der Waals surface area contributed by atoms with Crippen molar-refractivity contribution in [3.63, 3.8) is 0 Å². The smallest absolute Gasteiger partial charge is 0.234 e. The van der Waals surface area contributed by atoms with E-state index in [9.17, 15) is 4.79 Å². The lowest BCUT2D eigenvalue weighted by Crippen LogP contribution is -2.69. The zero-order chi connectivity index (χ0) is 18.3. The van der Waals surface area contributed by atoms with Gasteiger partial charge in [-0.1, -0.05) is 48.9 Å². The summed E-state index contributed by atoms with van der Waals surface area (Å²) in [5.41, 5.74) is 8.76. The third-order valence-electron chi connectivity index (χ3n) is 6.67. The number of hydrogen-bond acceptors (Lipinski definition) is 3. The maximum Gasteiger partial charge on any atom is 0.234 e. The van der Waals surface area contributed by atoms with Crippen molar-refractivity contribution < 1.29 is 4.79 Å². The molecule has 1 unspecified atom stereocenters. The summed E-state index contributed by atoms with van der Waals surface area (Å²) in [5.74, 6) is 0.511. The minimum absolute atomic E-state index is 0.115. The van der Waals surface area contributed by atoms with Crippen LogP contribution in [0.25, 0.3) is 6.08 Å². The lowest BCUT2D eigenvalue weighted by molar-refractivity contribution is -0.135. The average Bonchev–Trinajstić information content (AvgIpc) is 3.33. The van der Waals surface area contributed by atoms with E-state index in [0.717, 1.165) is 19.5 Å². The number of rotatable bonds is 7. The number of carbonyl (C=O) groups is 1. The highest BCUT2D eigenvalue weighted by Crippen LogP contribution is 2.50. The van der Waals surface area contributed by atoms with Gasteiger partial charge in [-0.05, 0) is 49.5 Å². The SMILES string of the molecule is CC/C(=C\c1ccccc1)[C@H]1C[C@@H]1NC1CC2(C1)CN(C(C)C(N)=O)C2. The molecule has 0 bridgehead atoms. The first kappa shape index (κ1) is 17.7. The molecule has 1 aromatic carbocycles. The predicted molar refractivity (Wildman–Crippen MR) is 105 cm³/mol. The quantitative estimate of drug-likeness (QED) is 0.792. The molecular weight excluding hydrogens is 322 g/mol. The highest BCUT2D eigenvalue weighted by atomic mass is 16.1. The Hall–Kier alpha value is -1.65. The van der Waals surface area contributed by atoms with Crippen LogP contribution >= 0.6 is 0 Å². The molecule has 1 aliphatic heterocycles. The molecule has 3 fully saturated rings. The van der Waals surface area contributed by atoms with E-state index in [0.29, 0.717) is 23.4 Å². The molecule has 3 atom stereocenters. The number of nitrogens with one attached hydrogen (secondary N) is 1. The van der Waals surface area contributed by atoms with Gasteiger partial charge in [-0.3, -0.25) is 9.69 Å². The molecule has 0 radical (unpaired) electrons. The van der Waals surface area contributed by atoms with Crippen molar-refractivity contribution in [2.45, 2.75) is 57.7 Å². The van der Waals surface area contributed by atoms with Gasteiger partial charge in [-0.2, -0.15) is 0 Å². The molecule has 4 rings (SSSR count). The average molecular weight is 354 g/mol. The van der Waals surface area contributed by atoms with Crippen LogP contribution in [0.4, 0.5) is 0 Å². The standard InChI is InChI=1S/C22H31N3O/c1-3-17(9-16-7-5-4-6-8-16)19-10-20(19)24-18-11-22(12-18)13-25(14-22)15(2)21(23)26/h4-9,15,18-20,24H,3,10-14H2,1-2H3,(H2,23,26)/b17-9+/t15?,19-,20+/m1/s1. The Kier molecular flexibility index (Phi) is 4.66. The fraction of sp³-hybridized carbons (Fsp3) is 0.591. The Morgan fingerprint density at radius 2 is 2.04 bits per heavy atom. The molecule has 4 nitrogen and oxygen atoms in total. The molecule has 1 aromatic rings. The molecule has 2 aliphatic carbocycles. The van der Waals surface area contributed by atoms with Crippen molar-refractivity contribution in [1.82, 2.24) is 10.2 Å². The second-order valence-electron chi connectivity index (χ2n) is 8.69. The lowest BCUT2D eigenvalue weighted by Gasteiger charge is -2.60. The van der Waals surface area contributed by atoms with Crippen LogP contribution in [0.3, 0.4) is 0 Å². The molecule has 26 heavy (non-hydrogen) atoms. The van der Waals surface area contributed by atoms with Crippen LogP contribution < -0.4 is 11.1 Å². The zero-order valence-electron chi connectivity index (χ0n) is 15.9. The summed E-state index contributed by atoms with van der Waals surface area (Å²) in [5, 5.41) is 3.88. The highest BCUT2D eigenvalue weighted by molar-refractivity contribution is 5.79. The number of hydrogen-bond donors (Lipinski definition) is 2. The molecule has 1 saturated heterocycles. The normalized spacial score (nSPS) is 29.1. The molecule has 1 amide bonds. The van der Waals surface area contributed by atoms with Crippen LogP contribution in [-0.2, 0) is 4.79 Å². The summed E-state index contributed by atoms with van der Waals surface area (Å²) in [6.07, 6.45) is 7.29. The fourth-order valence-corrected chi connectivity index (χ4v) is 4.96. The van der Waals surface area contributed by atoms with E-state index >= 15 is 0 Å². The van der Waals surface area contributed by atoms with Gasteiger partial charge in [0.25, 0.3) is 0 Å². The van der Waals surface area contributed by atoms with Crippen LogP contribution in [-0.4, -0.2) is 42.0 Å². The van der Waals surface area contributed by atoms with Crippen molar-refractivity contribution in [3.8, 4) is 0 Å². The third-order valence-corrected chi connectivity index (χ3v) is 6.67. The minimum atomic E-state index is -0.202. The number of benzene rings is 1. The molecule has 4 heteroatoms. The molecule has 3 aliphatic rings. The van der Waals surface area contributed by atoms with Crippen molar-refractivity contribution in [1.29, 1.82) is 0 Å². The van der Waals surface area contributed by atoms with E-state index in [1.807, 2.05) is 6.92 Å². The molecule has 140 valence electrons. The second kappa shape index (κ2) is 6.82. The van der Waals surface area contributed by atoms with Gasteiger partial charge < -0.3 is 11.1 Å². The minimum Gasteiger partial charge on any atom is -0.368 e. The highest BCUT2D eigenvalue weighted by Gasteiger charge is 2.55. The van der Waals surface area contributed by atoms with Crippen LogP contribution in [0.15, 0.2) is 35.9 Å². The molecule has 1 heterocycles. The first-order chi connectivity index (χ1) is 12.5. The number of nitrogens with zero attached hydrogens (tertiary/aromatic N) is 1. The van der Waals surface area contributed by atoms with E-state index in [2.05, 4.69) is 53.5 Å². The molecular formula is C22H31N3O. The van der Waals surface area contributed by atoms with E-state index in [-0.39, 0.29) is 11.9 Å². The molecule has 1 spiro atoms. The number of likely N-dealkylation sites (tertiary alicyclic amines) is 1. The summed E-state index contributed by atoms with van der Waals surface area (Å²) in [7, 11) is 0.